The monoisotopic (exact) mass is 340 g/mol. The molecule has 0 aromatic carbocycles. The number of hydrogen-bond donors (Lipinski definition) is 1. The van der Waals surface area contributed by atoms with E-state index in [1.54, 1.807) is 0 Å². The Hall–Kier alpha value is -1.65. The van der Waals surface area contributed by atoms with E-state index in [0.29, 0.717) is 6.54 Å². The lowest BCUT2D eigenvalue weighted by atomic mass is 9.49. The van der Waals surface area contributed by atoms with Crippen LogP contribution in [0.25, 0.3) is 0 Å². The van der Waals surface area contributed by atoms with Crippen LogP contribution >= 0.6 is 0 Å². The first kappa shape index (κ1) is 15.6. The largest absolute Gasteiger partial charge is 0.357 e. The Morgan fingerprint density at radius 1 is 1.12 bits per heavy atom. The van der Waals surface area contributed by atoms with Crippen LogP contribution < -0.4 is 10.2 Å². The van der Waals surface area contributed by atoms with Gasteiger partial charge in [0.05, 0.1) is 6.54 Å². The van der Waals surface area contributed by atoms with E-state index in [2.05, 4.69) is 20.2 Å². The van der Waals surface area contributed by atoms with Crippen molar-refractivity contribution < 1.29 is 4.79 Å². The van der Waals surface area contributed by atoms with Gasteiger partial charge in [0.25, 0.3) is 0 Å². The highest BCUT2D eigenvalue weighted by atomic mass is 16.2. The molecule has 1 N–H and O–H groups in total. The molecule has 5 nitrogen and oxygen atoms in total. The Kier molecular flexibility index (Phi) is 3.72. The van der Waals surface area contributed by atoms with Gasteiger partial charge in [-0.05, 0) is 75.2 Å². The van der Waals surface area contributed by atoms with E-state index in [4.69, 9.17) is 0 Å². The molecule has 1 aromatic rings. The van der Waals surface area contributed by atoms with Crippen molar-refractivity contribution in [1.29, 1.82) is 0 Å². The molecule has 4 bridgehead atoms. The molecule has 2 heterocycles. The molecule has 134 valence electrons. The summed E-state index contributed by atoms with van der Waals surface area (Å²) in [6.07, 6.45) is 11.7. The topological polar surface area (TPSA) is 58.1 Å². The van der Waals surface area contributed by atoms with Gasteiger partial charge < -0.3 is 10.2 Å². The number of nitrogens with one attached hydrogen (secondary N) is 1. The predicted octanol–water partition coefficient (Wildman–Crippen LogP) is 2.91. The first-order valence-corrected chi connectivity index (χ1v) is 10.1. The average molecular weight is 340 g/mol. The summed E-state index contributed by atoms with van der Waals surface area (Å²) >= 11 is 0. The molecule has 1 saturated heterocycles. The minimum Gasteiger partial charge on any atom is -0.357 e. The van der Waals surface area contributed by atoms with Crippen molar-refractivity contribution in [3.05, 3.63) is 18.1 Å². The maximum atomic E-state index is 13.0. The Morgan fingerprint density at radius 3 is 2.40 bits per heavy atom. The van der Waals surface area contributed by atoms with Gasteiger partial charge in [0, 0.05) is 24.7 Å². The standard InChI is InChI=1S/C20H28N4O/c25-19(20-10-14-7-15(11-20)9-16(8-14)12-20)22-13-17-21-4-3-18(23-17)24-5-1-2-6-24/h3-4,14-16H,1-2,5-13H2,(H,22,25). The van der Waals surface area contributed by atoms with Crippen molar-refractivity contribution in [2.45, 2.75) is 57.9 Å². The molecule has 1 aliphatic heterocycles. The van der Waals surface area contributed by atoms with Crippen LogP contribution in [0.1, 0.15) is 57.2 Å². The molecule has 4 saturated carbocycles. The summed E-state index contributed by atoms with van der Waals surface area (Å²) in [7, 11) is 0. The number of hydrogen-bond acceptors (Lipinski definition) is 4. The van der Waals surface area contributed by atoms with E-state index in [9.17, 15) is 4.79 Å². The fraction of sp³-hybridized carbons (Fsp3) is 0.750. The number of nitrogens with zero attached hydrogens (tertiary/aromatic N) is 3. The Bertz CT molecular complexity index is 632. The van der Waals surface area contributed by atoms with Gasteiger partial charge in [0.1, 0.15) is 11.6 Å². The van der Waals surface area contributed by atoms with Gasteiger partial charge >= 0.3 is 0 Å². The number of carbonyl (C=O) groups is 1. The summed E-state index contributed by atoms with van der Waals surface area (Å²) in [6, 6.07) is 1.98. The molecule has 5 aliphatic rings. The molecule has 4 aliphatic carbocycles. The fourth-order valence-electron chi connectivity index (χ4n) is 6.33. The number of anilines is 1. The molecule has 1 aromatic heterocycles. The molecular formula is C20H28N4O. The minimum atomic E-state index is -0.0820. The number of amides is 1. The molecule has 0 unspecified atom stereocenters. The van der Waals surface area contributed by atoms with E-state index < -0.39 is 0 Å². The smallest absolute Gasteiger partial charge is 0.226 e. The maximum absolute atomic E-state index is 13.0. The quantitative estimate of drug-likeness (QED) is 0.915. The lowest BCUT2D eigenvalue weighted by Crippen LogP contribution is -2.53. The molecule has 0 atom stereocenters. The number of rotatable bonds is 4. The van der Waals surface area contributed by atoms with Crippen LogP contribution in [0.15, 0.2) is 12.3 Å². The third-order valence-electron chi connectivity index (χ3n) is 7.05. The van der Waals surface area contributed by atoms with E-state index in [1.807, 2.05) is 12.3 Å². The normalized spacial score (nSPS) is 36.0. The molecule has 6 rings (SSSR count). The van der Waals surface area contributed by atoms with Gasteiger partial charge in [-0.25, -0.2) is 9.97 Å². The van der Waals surface area contributed by atoms with Crippen molar-refractivity contribution >= 4 is 11.7 Å². The first-order valence-electron chi connectivity index (χ1n) is 10.1. The van der Waals surface area contributed by atoms with Gasteiger partial charge in [0.2, 0.25) is 5.91 Å². The summed E-state index contributed by atoms with van der Waals surface area (Å²) in [5, 5.41) is 3.19. The molecular weight excluding hydrogens is 312 g/mol. The molecule has 0 spiro atoms. The average Bonchev–Trinajstić information content (AvgIpc) is 3.13. The van der Waals surface area contributed by atoms with Gasteiger partial charge in [-0.15, -0.1) is 0 Å². The second-order valence-electron chi connectivity index (χ2n) is 8.91. The zero-order chi connectivity index (χ0) is 16.9. The number of carbonyl (C=O) groups excluding carboxylic acids is 1. The van der Waals surface area contributed by atoms with Crippen molar-refractivity contribution in [2.75, 3.05) is 18.0 Å². The Labute approximate surface area is 149 Å². The second kappa shape index (κ2) is 5.96. The van der Waals surface area contributed by atoms with Crippen LogP contribution in [-0.2, 0) is 11.3 Å². The van der Waals surface area contributed by atoms with Crippen LogP contribution in [0.3, 0.4) is 0 Å². The summed E-state index contributed by atoms with van der Waals surface area (Å²) in [6.45, 7) is 2.62. The van der Waals surface area contributed by atoms with Crippen molar-refractivity contribution in [3.8, 4) is 0 Å². The molecule has 5 fully saturated rings. The maximum Gasteiger partial charge on any atom is 0.226 e. The van der Waals surface area contributed by atoms with Crippen LogP contribution in [0.2, 0.25) is 0 Å². The van der Waals surface area contributed by atoms with Gasteiger partial charge in [-0.2, -0.15) is 0 Å². The van der Waals surface area contributed by atoms with Gasteiger partial charge in [-0.3, -0.25) is 4.79 Å². The third kappa shape index (κ3) is 2.81. The first-order chi connectivity index (χ1) is 12.2. The summed E-state index contributed by atoms with van der Waals surface area (Å²) < 4.78 is 0. The van der Waals surface area contributed by atoms with E-state index in [1.165, 1.54) is 32.1 Å². The predicted molar refractivity (Wildman–Crippen MR) is 95.9 cm³/mol. The van der Waals surface area contributed by atoms with Crippen molar-refractivity contribution in [1.82, 2.24) is 15.3 Å². The third-order valence-corrected chi connectivity index (χ3v) is 7.05. The van der Waals surface area contributed by atoms with E-state index >= 15 is 0 Å². The van der Waals surface area contributed by atoms with Gasteiger partial charge in [0.15, 0.2) is 0 Å². The van der Waals surface area contributed by atoms with Crippen LogP contribution in [0.4, 0.5) is 5.82 Å². The second-order valence-corrected chi connectivity index (χ2v) is 8.91. The molecule has 5 heteroatoms. The zero-order valence-electron chi connectivity index (χ0n) is 14.9. The Balaban J connectivity index is 1.25. The fourth-order valence-corrected chi connectivity index (χ4v) is 6.33. The summed E-state index contributed by atoms with van der Waals surface area (Å²) in [5.41, 5.74) is -0.0820. The van der Waals surface area contributed by atoms with E-state index in [-0.39, 0.29) is 11.3 Å². The Morgan fingerprint density at radius 2 is 1.76 bits per heavy atom. The lowest BCUT2D eigenvalue weighted by Gasteiger charge is -2.55. The number of aromatic nitrogens is 2. The van der Waals surface area contributed by atoms with E-state index in [0.717, 1.165) is 61.7 Å². The van der Waals surface area contributed by atoms with Crippen molar-refractivity contribution in [3.63, 3.8) is 0 Å². The highest BCUT2D eigenvalue weighted by Gasteiger charge is 2.54. The van der Waals surface area contributed by atoms with Crippen LogP contribution in [0.5, 0.6) is 0 Å². The van der Waals surface area contributed by atoms with Crippen molar-refractivity contribution in [2.24, 2.45) is 23.2 Å². The van der Waals surface area contributed by atoms with Gasteiger partial charge in [-0.1, -0.05) is 0 Å². The summed E-state index contributed by atoms with van der Waals surface area (Å²) in [5.74, 6) is 4.40. The van der Waals surface area contributed by atoms with Crippen LogP contribution in [-0.4, -0.2) is 29.0 Å². The SMILES string of the molecule is O=C(NCc1nccc(N2CCCC2)n1)C12CC3CC(CC(C3)C1)C2. The molecule has 1 amide bonds. The molecule has 0 radical (unpaired) electrons. The lowest BCUT2D eigenvalue weighted by molar-refractivity contribution is -0.146. The van der Waals surface area contributed by atoms with Crippen LogP contribution in [0, 0.1) is 23.2 Å². The molecule has 25 heavy (non-hydrogen) atoms. The summed E-state index contributed by atoms with van der Waals surface area (Å²) in [4.78, 5) is 24.4. The highest BCUT2D eigenvalue weighted by molar-refractivity contribution is 5.83. The minimum absolute atomic E-state index is 0.0820. The zero-order valence-corrected chi connectivity index (χ0v) is 14.9. The highest BCUT2D eigenvalue weighted by Crippen LogP contribution is 2.60.